The number of carbonyl (C=O) groups is 2. The molecule has 1 heterocycles. The number of aliphatic carboxylic acids is 1. The van der Waals surface area contributed by atoms with Gasteiger partial charge in [0.25, 0.3) is 0 Å². The van der Waals surface area contributed by atoms with E-state index in [2.05, 4.69) is 5.32 Å². The van der Waals surface area contributed by atoms with Gasteiger partial charge in [-0.3, -0.25) is 9.59 Å². The van der Waals surface area contributed by atoms with Crippen LogP contribution in [-0.2, 0) is 14.3 Å². The molecule has 1 amide bonds. The molecular weight excluding hydrogens is 236 g/mol. The van der Waals surface area contributed by atoms with Crippen molar-refractivity contribution < 1.29 is 19.4 Å². The molecule has 1 aliphatic rings. The fourth-order valence-corrected chi connectivity index (χ4v) is 2.16. The van der Waals surface area contributed by atoms with Crippen molar-refractivity contribution in [2.45, 2.75) is 26.3 Å². The molecule has 2 N–H and O–H groups in total. The number of rotatable bonds is 7. The lowest BCUT2D eigenvalue weighted by atomic mass is 10.0. The highest BCUT2D eigenvalue weighted by molar-refractivity contribution is 5.80. The molecule has 0 aromatic rings. The summed E-state index contributed by atoms with van der Waals surface area (Å²) in [6, 6.07) is -0.344. The van der Waals surface area contributed by atoms with Crippen molar-refractivity contribution in [1.82, 2.24) is 10.2 Å². The largest absolute Gasteiger partial charge is 0.481 e. The van der Waals surface area contributed by atoms with Crippen molar-refractivity contribution in [2.75, 3.05) is 32.8 Å². The highest BCUT2D eigenvalue weighted by atomic mass is 16.5. The normalized spacial score (nSPS) is 23.0. The highest BCUT2D eigenvalue weighted by Gasteiger charge is 2.39. The Labute approximate surface area is 107 Å². The number of carbonyl (C=O) groups excluding carboxylic acids is 1. The summed E-state index contributed by atoms with van der Waals surface area (Å²) in [5.74, 6) is -1.57. The lowest BCUT2D eigenvalue weighted by Crippen LogP contribution is -2.49. The van der Waals surface area contributed by atoms with Gasteiger partial charge in [-0.25, -0.2) is 0 Å². The van der Waals surface area contributed by atoms with E-state index in [4.69, 9.17) is 9.84 Å². The molecule has 1 aliphatic heterocycles. The van der Waals surface area contributed by atoms with E-state index in [9.17, 15) is 9.59 Å². The van der Waals surface area contributed by atoms with Gasteiger partial charge < -0.3 is 20.1 Å². The zero-order chi connectivity index (χ0) is 13.5. The van der Waals surface area contributed by atoms with Crippen molar-refractivity contribution >= 4 is 11.9 Å². The van der Waals surface area contributed by atoms with E-state index < -0.39 is 11.9 Å². The molecule has 0 bridgehead atoms. The van der Waals surface area contributed by atoms with Crippen LogP contribution >= 0.6 is 0 Å². The molecule has 1 rings (SSSR count). The van der Waals surface area contributed by atoms with Gasteiger partial charge in [-0.2, -0.15) is 0 Å². The van der Waals surface area contributed by atoms with Gasteiger partial charge in [-0.05, 0) is 19.9 Å². The van der Waals surface area contributed by atoms with Crippen LogP contribution in [0.25, 0.3) is 0 Å². The van der Waals surface area contributed by atoms with Crippen molar-refractivity contribution in [2.24, 2.45) is 5.92 Å². The van der Waals surface area contributed by atoms with E-state index in [1.807, 2.05) is 13.8 Å². The number of nitrogens with zero attached hydrogens (tertiary/aromatic N) is 1. The summed E-state index contributed by atoms with van der Waals surface area (Å²) in [5, 5.41) is 12.1. The molecule has 1 saturated heterocycles. The van der Waals surface area contributed by atoms with E-state index in [-0.39, 0.29) is 25.1 Å². The number of likely N-dealkylation sites (N-methyl/N-ethyl adjacent to an activating group) is 1. The van der Waals surface area contributed by atoms with Gasteiger partial charge in [0.05, 0.1) is 25.8 Å². The van der Waals surface area contributed by atoms with Gasteiger partial charge in [0.15, 0.2) is 0 Å². The number of hydrogen-bond acceptors (Lipinski definition) is 4. The Morgan fingerprint density at radius 2 is 2.11 bits per heavy atom. The monoisotopic (exact) mass is 258 g/mol. The third-order valence-electron chi connectivity index (χ3n) is 3.13. The quantitative estimate of drug-likeness (QED) is 0.625. The minimum atomic E-state index is -0.898. The van der Waals surface area contributed by atoms with E-state index in [1.165, 1.54) is 0 Å². The van der Waals surface area contributed by atoms with Gasteiger partial charge in [0.1, 0.15) is 5.92 Å². The topological polar surface area (TPSA) is 78.9 Å². The molecular formula is C12H22N2O4. The van der Waals surface area contributed by atoms with Gasteiger partial charge in [-0.1, -0.05) is 6.92 Å². The van der Waals surface area contributed by atoms with Crippen molar-refractivity contribution in [3.8, 4) is 0 Å². The molecule has 1 fully saturated rings. The second-order valence-electron chi connectivity index (χ2n) is 4.41. The maximum absolute atomic E-state index is 12.0. The van der Waals surface area contributed by atoms with Crippen LogP contribution in [0.2, 0.25) is 0 Å². The average Bonchev–Trinajstić information content (AvgIpc) is 2.79. The number of ether oxygens (including phenoxy) is 1. The van der Waals surface area contributed by atoms with Crippen molar-refractivity contribution in [3.63, 3.8) is 0 Å². The van der Waals surface area contributed by atoms with Crippen LogP contribution in [0.5, 0.6) is 0 Å². The van der Waals surface area contributed by atoms with Gasteiger partial charge in [0, 0.05) is 6.54 Å². The van der Waals surface area contributed by atoms with E-state index >= 15 is 0 Å². The summed E-state index contributed by atoms with van der Waals surface area (Å²) < 4.78 is 5.19. The Morgan fingerprint density at radius 1 is 1.39 bits per heavy atom. The van der Waals surface area contributed by atoms with E-state index in [0.29, 0.717) is 13.2 Å². The zero-order valence-electron chi connectivity index (χ0n) is 11.0. The Kier molecular flexibility index (Phi) is 6.07. The lowest BCUT2D eigenvalue weighted by Gasteiger charge is -2.29. The summed E-state index contributed by atoms with van der Waals surface area (Å²) in [6.07, 6.45) is 0.962. The van der Waals surface area contributed by atoms with Crippen LogP contribution in [-0.4, -0.2) is 60.8 Å². The minimum Gasteiger partial charge on any atom is -0.481 e. The molecule has 0 radical (unpaired) electrons. The van der Waals surface area contributed by atoms with E-state index in [1.54, 1.807) is 4.90 Å². The highest BCUT2D eigenvalue weighted by Crippen LogP contribution is 2.20. The van der Waals surface area contributed by atoms with Crippen LogP contribution in [0.1, 0.15) is 20.3 Å². The molecule has 0 aliphatic carbocycles. The SMILES string of the molecule is CCCNCC(=O)N(CC)C1COCC1C(=O)O. The van der Waals surface area contributed by atoms with Crippen molar-refractivity contribution in [3.05, 3.63) is 0 Å². The van der Waals surface area contributed by atoms with Gasteiger partial charge >= 0.3 is 5.97 Å². The summed E-state index contributed by atoms with van der Waals surface area (Å²) in [7, 11) is 0. The predicted octanol–water partition coefficient (Wildman–Crippen LogP) is -0.0659. The molecule has 2 atom stereocenters. The Morgan fingerprint density at radius 3 is 2.67 bits per heavy atom. The molecule has 104 valence electrons. The van der Waals surface area contributed by atoms with Gasteiger partial charge in [-0.15, -0.1) is 0 Å². The lowest BCUT2D eigenvalue weighted by molar-refractivity contribution is -0.144. The number of nitrogens with one attached hydrogen (secondary N) is 1. The average molecular weight is 258 g/mol. The minimum absolute atomic E-state index is 0.0623. The summed E-state index contributed by atoms with van der Waals surface area (Å²) in [4.78, 5) is 24.7. The molecule has 2 unspecified atom stereocenters. The molecule has 6 heteroatoms. The Bertz CT molecular complexity index is 296. The second kappa shape index (κ2) is 7.33. The molecule has 0 spiro atoms. The molecule has 0 aromatic heterocycles. The third kappa shape index (κ3) is 3.68. The van der Waals surface area contributed by atoms with Crippen LogP contribution in [0.3, 0.4) is 0 Å². The molecule has 0 aromatic carbocycles. The fraction of sp³-hybridized carbons (Fsp3) is 0.833. The predicted molar refractivity (Wildman–Crippen MR) is 66.3 cm³/mol. The second-order valence-corrected chi connectivity index (χ2v) is 4.41. The first-order valence-electron chi connectivity index (χ1n) is 6.42. The number of carboxylic acids is 1. The first kappa shape index (κ1) is 14.9. The third-order valence-corrected chi connectivity index (χ3v) is 3.13. The van der Waals surface area contributed by atoms with Crippen molar-refractivity contribution in [1.29, 1.82) is 0 Å². The number of hydrogen-bond donors (Lipinski definition) is 2. The summed E-state index contributed by atoms with van der Waals surface area (Å²) in [6.45, 7) is 5.92. The summed E-state index contributed by atoms with van der Waals surface area (Å²) in [5.41, 5.74) is 0. The Balaban J connectivity index is 2.58. The molecule has 6 nitrogen and oxygen atoms in total. The Hall–Kier alpha value is -1.14. The molecule has 18 heavy (non-hydrogen) atoms. The first-order chi connectivity index (χ1) is 8.61. The zero-order valence-corrected chi connectivity index (χ0v) is 11.0. The molecule has 0 saturated carbocycles. The van der Waals surface area contributed by atoms with Crippen LogP contribution in [0.4, 0.5) is 0 Å². The maximum Gasteiger partial charge on any atom is 0.311 e. The van der Waals surface area contributed by atoms with Crippen LogP contribution < -0.4 is 5.32 Å². The first-order valence-corrected chi connectivity index (χ1v) is 6.42. The van der Waals surface area contributed by atoms with Crippen LogP contribution in [0, 0.1) is 5.92 Å². The summed E-state index contributed by atoms with van der Waals surface area (Å²) >= 11 is 0. The number of carboxylic acid groups (broad SMARTS) is 1. The smallest absolute Gasteiger partial charge is 0.311 e. The van der Waals surface area contributed by atoms with E-state index in [0.717, 1.165) is 13.0 Å². The number of amides is 1. The fourth-order valence-electron chi connectivity index (χ4n) is 2.16. The standard InChI is InChI=1S/C12H22N2O4/c1-3-5-13-6-11(15)14(4-2)10-8-18-7-9(10)12(16)17/h9-10,13H,3-8H2,1-2H3,(H,16,17). The van der Waals surface area contributed by atoms with Gasteiger partial charge in [0.2, 0.25) is 5.91 Å². The maximum atomic E-state index is 12.0. The van der Waals surface area contributed by atoms with Crippen LogP contribution in [0.15, 0.2) is 0 Å².